The number of urea groups is 1. The molecule has 1 aliphatic rings. The first-order chi connectivity index (χ1) is 9.99. The van der Waals surface area contributed by atoms with Crippen molar-refractivity contribution >= 4 is 23.5 Å². The second-order valence-electron chi connectivity index (χ2n) is 5.02. The predicted octanol–water partition coefficient (Wildman–Crippen LogP) is 2.14. The van der Waals surface area contributed by atoms with Gasteiger partial charge in [-0.1, -0.05) is 11.6 Å². The maximum Gasteiger partial charge on any atom is 0.312 e. The van der Waals surface area contributed by atoms with Crippen molar-refractivity contribution in [1.82, 2.24) is 10.2 Å². The summed E-state index contributed by atoms with van der Waals surface area (Å²) in [4.78, 5) is 24.9. The topological polar surface area (TPSA) is 75.4 Å². The van der Waals surface area contributed by atoms with E-state index in [1.54, 1.807) is 4.90 Å². The Hall–Kier alpha value is -1.82. The number of benzene rings is 1. The summed E-state index contributed by atoms with van der Waals surface area (Å²) in [5, 5.41) is 2.75. The molecule has 1 fully saturated rings. The molecule has 0 aliphatic carbocycles. The normalized spacial score (nSPS) is 18.4. The summed E-state index contributed by atoms with van der Waals surface area (Å²) >= 11 is 5.69. The van der Waals surface area contributed by atoms with Gasteiger partial charge in [-0.15, -0.1) is 0 Å². The number of rotatable bonds is 3. The second-order valence-corrected chi connectivity index (χ2v) is 5.45. The van der Waals surface area contributed by atoms with Crippen molar-refractivity contribution < 1.29 is 14.0 Å². The molecular formula is C14H17ClFN3O2. The Morgan fingerprint density at radius 2 is 2.19 bits per heavy atom. The van der Waals surface area contributed by atoms with Crippen LogP contribution >= 0.6 is 11.6 Å². The third kappa shape index (κ3) is 3.85. The van der Waals surface area contributed by atoms with E-state index in [0.717, 1.165) is 25.3 Å². The number of carbonyl (C=O) groups is 2. The highest BCUT2D eigenvalue weighted by molar-refractivity contribution is 6.30. The number of piperidine rings is 1. The molecule has 5 nitrogen and oxygen atoms in total. The zero-order chi connectivity index (χ0) is 15.4. The molecule has 3 N–H and O–H groups in total. The van der Waals surface area contributed by atoms with E-state index in [-0.39, 0.29) is 29.1 Å². The maximum absolute atomic E-state index is 13.9. The average molecular weight is 314 g/mol. The standard InChI is InChI=1S/C14H17ClFN3O2/c15-9-4-5-11(12(16)7-9)13(20)19-6-2-1-3-10(19)8-18-14(17)21/h4-5,7,10H,1-3,6,8H2,(H3,17,18,21). The molecule has 1 aliphatic heterocycles. The van der Waals surface area contributed by atoms with Gasteiger partial charge in [0.05, 0.1) is 5.56 Å². The minimum absolute atomic E-state index is 0.00891. The molecule has 7 heteroatoms. The van der Waals surface area contributed by atoms with E-state index in [1.165, 1.54) is 12.1 Å². The number of hydrogen-bond acceptors (Lipinski definition) is 2. The van der Waals surface area contributed by atoms with Crippen LogP contribution in [0.15, 0.2) is 18.2 Å². The Bertz CT molecular complexity index is 553. The Kier molecular flexibility index (Phi) is 5.01. The zero-order valence-electron chi connectivity index (χ0n) is 11.4. The molecule has 3 amide bonds. The molecule has 1 heterocycles. The summed E-state index contributed by atoms with van der Waals surface area (Å²) in [5.41, 5.74) is 5.05. The van der Waals surface area contributed by atoms with Gasteiger partial charge in [-0.05, 0) is 37.5 Å². The SMILES string of the molecule is NC(=O)NCC1CCCCN1C(=O)c1ccc(Cl)cc1F. The van der Waals surface area contributed by atoms with E-state index in [4.69, 9.17) is 17.3 Å². The van der Waals surface area contributed by atoms with Crippen LogP contribution in [-0.4, -0.2) is 36.0 Å². The largest absolute Gasteiger partial charge is 0.352 e. The molecule has 0 aromatic heterocycles. The van der Waals surface area contributed by atoms with Gasteiger partial charge < -0.3 is 16.0 Å². The van der Waals surface area contributed by atoms with E-state index in [9.17, 15) is 14.0 Å². The summed E-state index contributed by atoms with van der Waals surface area (Å²) < 4.78 is 13.9. The van der Waals surface area contributed by atoms with Gasteiger partial charge in [-0.3, -0.25) is 4.79 Å². The smallest absolute Gasteiger partial charge is 0.312 e. The molecule has 1 saturated heterocycles. The highest BCUT2D eigenvalue weighted by atomic mass is 35.5. The summed E-state index contributed by atoms with van der Waals surface area (Å²) in [5.74, 6) is -1.03. The van der Waals surface area contributed by atoms with Gasteiger partial charge in [-0.25, -0.2) is 9.18 Å². The summed E-state index contributed by atoms with van der Waals surface area (Å²) in [6.45, 7) is 0.808. The predicted molar refractivity (Wildman–Crippen MR) is 77.7 cm³/mol. The van der Waals surface area contributed by atoms with Gasteiger partial charge in [0, 0.05) is 24.2 Å². The number of nitrogens with one attached hydrogen (secondary N) is 1. The van der Waals surface area contributed by atoms with Crippen molar-refractivity contribution in [1.29, 1.82) is 0 Å². The Morgan fingerprint density at radius 3 is 2.86 bits per heavy atom. The lowest BCUT2D eigenvalue weighted by Crippen LogP contribution is -2.50. The minimum Gasteiger partial charge on any atom is -0.352 e. The number of carbonyl (C=O) groups excluding carboxylic acids is 2. The van der Waals surface area contributed by atoms with Crippen LogP contribution in [0.1, 0.15) is 29.6 Å². The van der Waals surface area contributed by atoms with Crippen molar-refractivity contribution in [2.24, 2.45) is 5.73 Å². The number of halogens is 2. The van der Waals surface area contributed by atoms with E-state index >= 15 is 0 Å². The van der Waals surface area contributed by atoms with Crippen LogP contribution in [0.3, 0.4) is 0 Å². The van der Waals surface area contributed by atoms with E-state index in [2.05, 4.69) is 5.32 Å². The molecule has 0 bridgehead atoms. The fraction of sp³-hybridized carbons (Fsp3) is 0.429. The second kappa shape index (κ2) is 6.76. The van der Waals surface area contributed by atoms with Crippen molar-refractivity contribution in [2.45, 2.75) is 25.3 Å². The van der Waals surface area contributed by atoms with Crippen LogP contribution in [0.5, 0.6) is 0 Å². The molecule has 114 valence electrons. The summed E-state index contributed by atoms with van der Waals surface area (Å²) in [6, 6.07) is 3.18. The van der Waals surface area contributed by atoms with Gasteiger partial charge in [-0.2, -0.15) is 0 Å². The molecule has 0 radical (unpaired) electrons. The van der Waals surface area contributed by atoms with E-state index < -0.39 is 11.8 Å². The lowest BCUT2D eigenvalue weighted by molar-refractivity contribution is 0.0610. The number of nitrogens with two attached hydrogens (primary N) is 1. The molecule has 2 rings (SSSR count). The van der Waals surface area contributed by atoms with Crippen molar-refractivity contribution in [2.75, 3.05) is 13.1 Å². The minimum atomic E-state index is -0.639. The van der Waals surface area contributed by atoms with Crippen molar-refractivity contribution in [3.05, 3.63) is 34.6 Å². The molecule has 0 spiro atoms. The maximum atomic E-state index is 13.9. The number of amides is 3. The molecule has 1 aromatic carbocycles. The van der Waals surface area contributed by atoms with Gasteiger partial charge >= 0.3 is 6.03 Å². The molecular weight excluding hydrogens is 297 g/mol. The van der Waals surface area contributed by atoms with Crippen molar-refractivity contribution in [3.8, 4) is 0 Å². The third-order valence-corrected chi connectivity index (χ3v) is 3.80. The highest BCUT2D eigenvalue weighted by Crippen LogP contribution is 2.22. The molecule has 1 atom stereocenters. The Morgan fingerprint density at radius 1 is 1.43 bits per heavy atom. The number of nitrogens with zero attached hydrogens (tertiary/aromatic N) is 1. The zero-order valence-corrected chi connectivity index (χ0v) is 12.2. The van der Waals surface area contributed by atoms with Gasteiger partial charge in [0.1, 0.15) is 5.82 Å². The summed E-state index contributed by atoms with van der Waals surface area (Å²) in [7, 11) is 0. The first-order valence-electron chi connectivity index (χ1n) is 6.78. The van der Waals surface area contributed by atoms with Crippen LogP contribution < -0.4 is 11.1 Å². The van der Waals surface area contributed by atoms with Crippen LogP contribution in [0.2, 0.25) is 5.02 Å². The first kappa shape index (κ1) is 15.6. The Balaban J connectivity index is 2.16. The quantitative estimate of drug-likeness (QED) is 0.897. The van der Waals surface area contributed by atoms with Crippen LogP contribution in [0.4, 0.5) is 9.18 Å². The monoisotopic (exact) mass is 313 g/mol. The lowest BCUT2D eigenvalue weighted by Gasteiger charge is -2.35. The molecule has 1 aromatic rings. The van der Waals surface area contributed by atoms with Crippen LogP contribution in [0.25, 0.3) is 0 Å². The number of likely N-dealkylation sites (tertiary alicyclic amines) is 1. The fourth-order valence-electron chi connectivity index (χ4n) is 2.52. The van der Waals surface area contributed by atoms with Gasteiger partial charge in [0.15, 0.2) is 0 Å². The van der Waals surface area contributed by atoms with E-state index in [0.29, 0.717) is 6.54 Å². The fourth-order valence-corrected chi connectivity index (χ4v) is 2.67. The Labute approximate surface area is 127 Å². The first-order valence-corrected chi connectivity index (χ1v) is 7.16. The van der Waals surface area contributed by atoms with Gasteiger partial charge in [0.25, 0.3) is 5.91 Å². The van der Waals surface area contributed by atoms with E-state index in [1.807, 2.05) is 0 Å². The number of hydrogen-bond donors (Lipinski definition) is 2. The lowest BCUT2D eigenvalue weighted by atomic mass is 10.0. The van der Waals surface area contributed by atoms with Crippen molar-refractivity contribution in [3.63, 3.8) is 0 Å². The molecule has 0 saturated carbocycles. The molecule has 1 unspecified atom stereocenters. The van der Waals surface area contributed by atoms with Crippen LogP contribution in [0, 0.1) is 5.82 Å². The molecule has 21 heavy (non-hydrogen) atoms. The third-order valence-electron chi connectivity index (χ3n) is 3.56. The average Bonchev–Trinajstić information content (AvgIpc) is 2.45. The number of primary amides is 1. The van der Waals surface area contributed by atoms with Gasteiger partial charge in [0.2, 0.25) is 0 Å². The summed E-state index contributed by atoms with van der Waals surface area (Å²) in [6.07, 6.45) is 2.56. The van der Waals surface area contributed by atoms with Crippen LogP contribution in [-0.2, 0) is 0 Å². The highest BCUT2D eigenvalue weighted by Gasteiger charge is 2.29.